The van der Waals surface area contributed by atoms with E-state index in [0.29, 0.717) is 11.1 Å². The molecule has 0 spiro atoms. The van der Waals surface area contributed by atoms with Crippen LogP contribution in [-0.4, -0.2) is 4.92 Å². The Morgan fingerprint density at radius 1 is 1.00 bits per heavy atom. The second kappa shape index (κ2) is 5.42. The summed E-state index contributed by atoms with van der Waals surface area (Å²) in [6.07, 6.45) is 0. The van der Waals surface area contributed by atoms with Gasteiger partial charge in [-0.1, -0.05) is 60.7 Å². The van der Waals surface area contributed by atoms with Crippen molar-refractivity contribution in [3.63, 3.8) is 0 Å². The van der Waals surface area contributed by atoms with Gasteiger partial charge in [0, 0.05) is 10.5 Å². The van der Waals surface area contributed by atoms with Crippen molar-refractivity contribution in [2.75, 3.05) is 0 Å². The molecule has 2 rings (SSSR count). The summed E-state index contributed by atoms with van der Waals surface area (Å²) in [5.41, 5.74) is 7.22. The molecule has 18 heavy (non-hydrogen) atoms. The lowest BCUT2D eigenvalue weighted by Crippen LogP contribution is -2.26. The van der Waals surface area contributed by atoms with Crippen LogP contribution in [0.5, 0.6) is 0 Å². The molecule has 2 N–H and O–H groups in total. The van der Waals surface area contributed by atoms with E-state index in [1.165, 1.54) is 0 Å². The zero-order chi connectivity index (χ0) is 13.0. The minimum absolute atomic E-state index is 0.256. The van der Waals surface area contributed by atoms with Gasteiger partial charge in [-0.05, 0) is 5.56 Å². The molecule has 1 atom stereocenters. The number of nitrogens with zero attached hydrogens (tertiary/aromatic N) is 1. The summed E-state index contributed by atoms with van der Waals surface area (Å²) in [4.78, 5) is 10.9. The molecule has 2 aromatic carbocycles. The van der Waals surface area contributed by atoms with Crippen LogP contribution in [0, 0.1) is 16.2 Å². The van der Waals surface area contributed by atoms with Crippen LogP contribution in [0.15, 0.2) is 60.7 Å². The van der Waals surface area contributed by atoms with Gasteiger partial charge in [0.2, 0.25) is 0 Å². The Kier molecular flexibility index (Phi) is 3.69. The Balaban J connectivity index is 2.35. The third kappa shape index (κ3) is 2.55. The highest BCUT2D eigenvalue weighted by molar-refractivity contribution is 5.35. The molecule has 1 unspecified atom stereocenters. The third-order valence-corrected chi connectivity index (χ3v) is 2.73. The maximum absolute atomic E-state index is 11.2. The maximum Gasteiger partial charge on any atom is 0.262 e. The number of rotatable bonds is 4. The normalized spacial score (nSPS) is 12.3. The van der Waals surface area contributed by atoms with Gasteiger partial charge in [-0.2, -0.15) is 0 Å². The van der Waals surface area contributed by atoms with Crippen LogP contribution in [0.25, 0.3) is 0 Å². The second-order valence-corrected chi connectivity index (χ2v) is 3.92. The van der Waals surface area contributed by atoms with E-state index in [1.54, 1.807) is 36.4 Å². The molecule has 1 radical (unpaired) electrons. The molecule has 0 aliphatic heterocycles. The summed E-state index contributed by atoms with van der Waals surface area (Å²) >= 11 is 0. The fourth-order valence-corrected chi connectivity index (χ4v) is 1.84. The summed E-state index contributed by atoms with van der Waals surface area (Å²) in [5.74, 6) is 0. The first-order valence-electron chi connectivity index (χ1n) is 5.56. The van der Waals surface area contributed by atoms with Crippen molar-refractivity contribution in [1.29, 1.82) is 0 Å². The fraction of sp³-hybridized carbons (Fsp3) is 0.0714. The Morgan fingerprint density at radius 2 is 1.50 bits per heavy atom. The molecule has 0 aliphatic carbocycles. The lowest BCUT2D eigenvalue weighted by molar-refractivity contribution is -0.523. The number of nitrogens with two attached hydrogens (primary N) is 1. The zero-order valence-corrected chi connectivity index (χ0v) is 9.69. The highest BCUT2D eigenvalue weighted by Gasteiger charge is 2.32. The average molecular weight is 241 g/mol. The van der Waals surface area contributed by atoms with Gasteiger partial charge in [0.05, 0.1) is 0 Å². The minimum Gasteiger partial charge on any atom is -0.313 e. The van der Waals surface area contributed by atoms with E-state index in [0.717, 1.165) is 0 Å². The Morgan fingerprint density at radius 3 is 2.00 bits per heavy atom. The van der Waals surface area contributed by atoms with Crippen LogP contribution in [0.4, 0.5) is 0 Å². The third-order valence-electron chi connectivity index (χ3n) is 2.73. The minimum atomic E-state index is -1.01. The highest BCUT2D eigenvalue weighted by Crippen LogP contribution is 2.28. The van der Waals surface area contributed by atoms with Gasteiger partial charge in [0.25, 0.3) is 6.04 Å². The van der Waals surface area contributed by atoms with E-state index in [9.17, 15) is 10.1 Å². The molecule has 0 fully saturated rings. The lowest BCUT2D eigenvalue weighted by atomic mass is 9.95. The first-order chi connectivity index (χ1) is 8.70. The second-order valence-electron chi connectivity index (χ2n) is 3.92. The van der Waals surface area contributed by atoms with E-state index >= 15 is 0 Å². The van der Waals surface area contributed by atoms with E-state index in [4.69, 9.17) is 5.73 Å². The fourth-order valence-electron chi connectivity index (χ4n) is 1.84. The predicted octanol–water partition coefficient (Wildman–Crippen LogP) is 2.54. The average Bonchev–Trinajstić information content (AvgIpc) is 2.40. The smallest absolute Gasteiger partial charge is 0.262 e. The van der Waals surface area contributed by atoms with E-state index in [-0.39, 0.29) is 11.0 Å². The molecule has 0 saturated carbocycles. The van der Waals surface area contributed by atoms with Gasteiger partial charge in [-0.3, -0.25) is 10.1 Å². The Labute approximate surface area is 105 Å². The van der Waals surface area contributed by atoms with Crippen LogP contribution < -0.4 is 5.73 Å². The first kappa shape index (κ1) is 12.3. The molecule has 0 amide bonds. The lowest BCUT2D eigenvalue weighted by Gasteiger charge is -2.16. The monoisotopic (exact) mass is 241 g/mol. The van der Waals surface area contributed by atoms with Gasteiger partial charge in [-0.25, -0.2) is 0 Å². The quantitative estimate of drug-likeness (QED) is 0.660. The van der Waals surface area contributed by atoms with Crippen LogP contribution in [0.1, 0.15) is 17.2 Å². The molecule has 2 aromatic rings. The van der Waals surface area contributed by atoms with Gasteiger partial charge < -0.3 is 5.73 Å². The molecule has 91 valence electrons. The van der Waals surface area contributed by atoms with Gasteiger partial charge in [0.15, 0.2) is 0 Å². The summed E-state index contributed by atoms with van der Waals surface area (Å²) < 4.78 is 0. The van der Waals surface area contributed by atoms with E-state index in [1.807, 2.05) is 24.3 Å². The standard InChI is InChI=1S/C14H13N2O2/c15-13(11-7-3-1-4-8-11)14(16(17)18)12-9-5-2-6-10-12/h1-10,14H,15H2. The largest absolute Gasteiger partial charge is 0.313 e. The topological polar surface area (TPSA) is 69.2 Å². The molecular formula is C14H13N2O2. The van der Waals surface area contributed by atoms with Crippen molar-refractivity contribution in [2.45, 2.75) is 6.04 Å². The number of hydrogen-bond donors (Lipinski definition) is 1. The van der Waals surface area contributed by atoms with Crippen molar-refractivity contribution in [3.8, 4) is 0 Å². The molecule has 0 bridgehead atoms. The van der Waals surface area contributed by atoms with Crippen molar-refractivity contribution >= 4 is 0 Å². The predicted molar refractivity (Wildman–Crippen MR) is 69.2 cm³/mol. The maximum atomic E-state index is 11.2. The number of benzene rings is 2. The molecule has 0 aliphatic rings. The molecule has 0 saturated heterocycles. The van der Waals surface area contributed by atoms with Crippen molar-refractivity contribution in [1.82, 2.24) is 0 Å². The molecular weight excluding hydrogens is 228 g/mol. The summed E-state index contributed by atoms with van der Waals surface area (Å²) in [6, 6.07) is 17.0. The molecule has 4 nitrogen and oxygen atoms in total. The van der Waals surface area contributed by atoms with Crippen molar-refractivity contribution in [2.24, 2.45) is 5.73 Å². The van der Waals surface area contributed by atoms with E-state index in [2.05, 4.69) is 0 Å². The van der Waals surface area contributed by atoms with Crippen LogP contribution >= 0.6 is 0 Å². The van der Waals surface area contributed by atoms with Crippen LogP contribution in [0.3, 0.4) is 0 Å². The molecule has 4 heteroatoms. The Bertz CT molecular complexity index is 514. The SMILES string of the molecule is N[C](c1ccccc1)C(c1ccccc1)[N+](=O)[O-]. The summed E-state index contributed by atoms with van der Waals surface area (Å²) in [5, 5.41) is 11.2. The number of hydrogen-bond acceptors (Lipinski definition) is 3. The van der Waals surface area contributed by atoms with Crippen LogP contribution in [-0.2, 0) is 0 Å². The molecule has 0 heterocycles. The Hall–Kier alpha value is -2.20. The molecule has 0 aromatic heterocycles. The summed E-state index contributed by atoms with van der Waals surface area (Å²) in [6.45, 7) is 0. The van der Waals surface area contributed by atoms with E-state index < -0.39 is 6.04 Å². The first-order valence-corrected chi connectivity index (χ1v) is 5.56. The van der Waals surface area contributed by atoms with Crippen molar-refractivity contribution < 1.29 is 4.92 Å². The van der Waals surface area contributed by atoms with Gasteiger partial charge >= 0.3 is 0 Å². The van der Waals surface area contributed by atoms with Crippen LogP contribution in [0.2, 0.25) is 0 Å². The summed E-state index contributed by atoms with van der Waals surface area (Å²) in [7, 11) is 0. The van der Waals surface area contributed by atoms with Gasteiger partial charge in [-0.15, -0.1) is 0 Å². The zero-order valence-electron chi connectivity index (χ0n) is 9.69. The van der Waals surface area contributed by atoms with Crippen molar-refractivity contribution in [3.05, 3.63) is 87.9 Å². The number of nitro groups is 1. The highest BCUT2D eigenvalue weighted by atomic mass is 16.6. The van der Waals surface area contributed by atoms with Gasteiger partial charge in [0.1, 0.15) is 6.04 Å².